The molecule has 2 aliphatic rings. The second kappa shape index (κ2) is 4.70. The Morgan fingerprint density at radius 2 is 2.18 bits per heavy atom. The number of piperazine rings is 1. The largest absolute Gasteiger partial charge is 0.480 e. The SMILES string of the molecule is O=C1CC[C@H](C(=O)N2CCNCC2C(=O)O)N1. The second-order valence-electron chi connectivity index (χ2n) is 4.25. The van der Waals surface area contributed by atoms with E-state index in [4.69, 9.17) is 5.11 Å². The molecule has 2 heterocycles. The van der Waals surface area contributed by atoms with Gasteiger partial charge >= 0.3 is 5.97 Å². The monoisotopic (exact) mass is 241 g/mol. The van der Waals surface area contributed by atoms with E-state index in [0.29, 0.717) is 25.9 Å². The molecule has 0 radical (unpaired) electrons. The molecule has 3 N–H and O–H groups in total. The fourth-order valence-corrected chi connectivity index (χ4v) is 2.19. The van der Waals surface area contributed by atoms with Crippen LogP contribution in [0.5, 0.6) is 0 Å². The molecule has 2 fully saturated rings. The predicted octanol–water partition coefficient (Wildman–Crippen LogP) is -1.85. The van der Waals surface area contributed by atoms with Crippen LogP contribution < -0.4 is 10.6 Å². The van der Waals surface area contributed by atoms with Crippen LogP contribution in [0.4, 0.5) is 0 Å². The number of nitrogens with zero attached hydrogens (tertiary/aromatic N) is 1. The van der Waals surface area contributed by atoms with Crippen molar-refractivity contribution in [2.45, 2.75) is 24.9 Å². The highest BCUT2D eigenvalue weighted by molar-refractivity contribution is 5.93. The van der Waals surface area contributed by atoms with Crippen molar-refractivity contribution in [3.05, 3.63) is 0 Å². The standard InChI is InChI=1S/C10H15N3O4/c14-8-2-1-6(12-8)9(15)13-4-3-11-5-7(13)10(16)17/h6-7,11H,1-5H2,(H,12,14)(H,16,17)/t6-,7?/m1/s1. The van der Waals surface area contributed by atoms with Crippen molar-refractivity contribution >= 4 is 17.8 Å². The molecule has 7 nitrogen and oxygen atoms in total. The summed E-state index contributed by atoms with van der Waals surface area (Å²) in [7, 11) is 0. The number of carbonyl (C=O) groups is 3. The van der Waals surface area contributed by atoms with Crippen molar-refractivity contribution in [2.75, 3.05) is 19.6 Å². The summed E-state index contributed by atoms with van der Waals surface area (Å²) in [5.74, 6) is -1.45. The minimum absolute atomic E-state index is 0.148. The molecule has 0 aromatic carbocycles. The first-order chi connectivity index (χ1) is 8.09. The van der Waals surface area contributed by atoms with Crippen molar-refractivity contribution < 1.29 is 19.5 Å². The molecule has 2 amide bonds. The number of hydrogen-bond acceptors (Lipinski definition) is 4. The van der Waals surface area contributed by atoms with Gasteiger partial charge in [0.25, 0.3) is 0 Å². The van der Waals surface area contributed by atoms with Gasteiger partial charge in [-0.25, -0.2) is 4.79 Å². The van der Waals surface area contributed by atoms with E-state index in [2.05, 4.69) is 10.6 Å². The molecule has 0 saturated carbocycles. The Morgan fingerprint density at radius 3 is 2.76 bits per heavy atom. The number of amides is 2. The van der Waals surface area contributed by atoms with Gasteiger partial charge in [0.2, 0.25) is 11.8 Å². The number of carboxylic acids is 1. The van der Waals surface area contributed by atoms with Crippen LogP contribution in [-0.4, -0.2) is 59.5 Å². The molecule has 17 heavy (non-hydrogen) atoms. The number of aliphatic carboxylic acids is 1. The van der Waals surface area contributed by atoms with E-state index in [9.17, 15) is 14.4 Å². The van der Waals surface area contributed by atoms with Crippen LogP contribution >= 0.6 is 0 Å². The Morgan fingerprint density at radius 1 is 1.41 bits per heavy atom. The van der Waals surface area contributed by atoms with Gasteiger partial charge in [-0.15, -0.1) is 0 Å². The zero-order valence-corrected chi connectivity index (χ0v) is 9.31. The van der Waals surface area contributed by atoms with Crippen LogP contribution in [0.3, 0.4) is 0 Å². The van der Waals surface area contributed by atoms with Gasteiger partial charge in [-0.05, 0) is 6.42 Å². The van der Waals surface area contributed by atoms with Gasteiger partial charge in [-0.2, -0.15) is 0 Å². The molecule has 2 aliphatic heterocycles. The van der Waals surface area contributed by atoms with Crippen LogP contribution in [0, 0.1) is 0 Å². The lowest BCUT2D eigenvalue weighted by molar-refractivity contribution is -0.152. The van der Waals surface area contributed by atoms with E-state index in [-0.39, 0.29) is 18.4 Å². The maximum absolute atomic E-state index is 12.1. The maximum Gasteiger partial charge on any atom is 0.327 e. The summed E-state index contributed by atoms with van der Waals surface area (Å²) in [6.45, 7) is 1.19. The summed E-state index contributed by atoms with van der Waals surface area (Å²) in [6.07, 6.45) is 0.786. The molecule has 0 aromatic heterocycles. The molecule has 0 aromatic rings. The quantitative estimate of drug-likeness (QED) is 0.527. The van der Waals surface area contributed by atoms with E-state index in [1.54, 1.807) is 0 Å². The van der Waals surface area contributed by atoms with Crippen LogP contribution in [0.2, 0.25) is 0 Å². The van der Waals surface area contributed by atoms with Gasteiger partial charge < -0.3 is 20.6 Å². The van der Waals surface area contributed by atoms with E-state index < -0.39 is 18.1 Å². The van der Waals surface area contributed by atoms with E-state index in [1.165, 1.54) is 4.90 Å². The fraction of sp³-hybridized carbons (Fsp3) is 0.700. The fourth-order valence-electron chi connectivity index (χ4n) is 2.19. The smallest absolute Gasteiger partial charge is 0.327 e. The summed E-state index contributed by atoms with van der Waals surface area (Å²) < 4.78 is 0. The Hall–Kier alpha value is -1.63. The molecule has 0 aliphatic carbocycles. The highest BCUT2D eigenvalue weighted by atomic mass is 16.4. The minimum atomic E-state index is -1.02. The lowest BCUT2D eigenvalue weighted by Gasteiger charge is -2.34. The van der Waals surface area contributed by atoms with Crippen molar-refractivity contribution in [3.63, 3.8) is 0 Å². The van der Waals surface area contributed by atoms with Crippen molar-refractivity contribution in [2.24, 2.45) is 0 Å². The van der Waals surface area contributed by atoms with Gasteiger partial charge in [-0.3, -0.25) is 9.59 Å². The maximum atomic E-state index is 12.1. The third-order valence-corrected chi connectivity index (χ3v) is 3.10. The third kappa shape index (κ3) is 2.38. The summed E-state index contributed by atoms with van der Waals surface area (Å²) >= 11 is 0. The number of hydrogen-bond donors (Lipinski definition) is 3. The van der Waals surface area contributed by atoms with Gasteiger partial charge in [-0.1, -0.05) is 0 Å². The number of rotatable bonds is 2. The molecular formula is C10H15N3O4. The molecule has 0 spiro atoms. The van der Waals surface area contributed by atoms with Crippen molar-refractivity contribution in [3.8, 4) is 0 Å². The number of carbonyl (C=O) groups excluding carboxylic acids is 2. The van der Waals surface area contributed by atoms with Gasteiger partial charge in [0.15, 0.2) is 0 Å². The molecule has 1 unspecified atom stereocenters. The molecule has 2 saturated heterocycles. The Labute approximate surface area is 98.2 Å². The first kappa shape index (κ1) is 11.8. The lowest BCUT2D eigenvalue weighted by Crippen LogP contribution is -2.60. The molecule has 2 rings (SSSR count). The molecule has 94 valence electrons. The van der Waals surface area contributed by atoms with Crippen molar-refractivity contribution in [1.29, 1.82) is 0 Å². The molecule has 2 atom stereocenters. The van der Waals surface area contributed by atoms with Gasteiger partial charge in [0, 0.05) is 26.1 Å². The molecule has 0 bridgehead atoms. The number of carboxylic acid groups (broad SMARTS) is 1. The second-order valence-corrected chi connectivity index (χ2v) is 4.25. The summed E-state index contributed by atoms with van der Waals surface area (Å²) in [4.78, 5) is 35.5. The van der Waals surface area contributed by atoms with Gasteiger partial charge in [0.1, 0.15) is 12.1 Å². The summed E-state index contributed by atoms with van der Waals surface area (Å²) in [5, 5.41) is 14.5. The van der Waals surface area contributed by atoms with E-state index in [0.717, 1.165) is 0 Å². The minimum Gasteiger partial charge on any atom is -0.480 e. The normalized spacial score (nSPS) is 28.9. The van der Waals surface area contributed by atoms with E-state index >= 15 is 0 Å². The molecular weight excluding hydrogens is 226 g/mol. The Kier molecular flexibility index (Phi) is 3.28. The first-order valence-corrected chi connectivity index (χ1v) is 5.63. The van der Waals surface area contributed by atoms with Crippen LogP contribution in [0.25, 0.3) is 0 Å². The molecule has 7 heteroatoms. The first-order valence-electron chi connectivity index (χ1n) is 5.63. The average Bonchev–Trinajstić information content (AvgIpc) is 2.75. The average molecular weight is 241 g/mol. The summed E-state index contributed by atoms with van der Waals surface area (Å²) in [5.41, 5.74) is 0. The zero-order valence-electron chi connectivity index (χ0n) is 9.31. The highest BCUT2D eigenvalue weighted by Crippen LogP contribution is 2.13. The van der Waals surface area contributed by atoms with Crippen LogP contribution in [0.15, 0.2) is 0 Å². The highest BCUT2D eigenvalue weighted by Gasteiger charge is 2.37. The number of nitrogens with one attached hydrogen (secondary N) is 2. The summed E-state index contributed by atoms with van der Waals surface area (Å²) in [6, 6.07) is -1.39. The zero-order chi connectivity index (χ0) is 12.4. The predicted molar refractivity (Wildman–Crippen MR) is 57.2 cm³/mol. The Bertz CT molecular complexity index is 357. The van der Waals surface area contributed by atoms with E-state index in [1.807, 2.05) is 0 Å². The lowest BCUT2D eigenvalue weighted by atomic mass is 10.1. The topological polar surface area (TPSA) is 98.7 Å². The Balaban J connectivity index is 2.06. The van der Waals surface area contributed by atoms with Crippen LogP contribution in [-0.2, 0) is 14.4 Å². The van der Waals surface area contributed by atoms with Gasteiger partial charge in [0.05, 0.1) is 0 Å². The van der Waals surface area contributed by atoms with Crippen molar-refractivity contribution in [1.82, 2.24) is 15.5 Å². The van der Waals surface area contributed by atoms with Crippen LogP contribution in [0.1, 0.15) is 12.8 Å². The third-order valence-electron chi connectivity index (χ3n) is 3.10.